The summed E-state index contributed by atoms with van der Waals surface area (Å²) < 4.78 is 13.3. The van der Waals surface area contributed by atoms with E-state index in [0.29, 0.717) is 19.4 Å². The fraction of sp³-hybridized carbons (Fsp3) is 0.455. The Hall–Kier alpha value is -1.05. The Balaban J connectivity index is 1.97. The molecule has 1 N–H and O–H groups in total. The Labute approximate surface area is 78.0 Å². The van der Waals surface area contributed by atoms with E-state index >= 15 is 0 Å². The number of aryl methyl sites for hydroxylation is 1. The summed E-state index contributed by atoms with van der Waals surface area (Å²) in [4.78, 5) is 0. The van der Waals surface area contributed by atoms with E-state index in [1.54, 1.807) is 0 Å². The van der Waals surface area contributed by atoms with Gasteiger partial charge in [0.1, 0.15) is 5.67 Å². The van der Waals surface area contributed by atoms with Gasteiger partial charge in [-0.3, -0.25) is 0 Å². The second kappa shape index (κ2) is 3.02. The molecule has 2 rings (SSSR count). The van der Waals surface area contributed by atoms with Crippen LogP contribution in [0.1, 0.15) is 18.4 Å². The largest absolute Gasteiger partial charge is 0.382 e. The average Bonchev–Trinajstić information content (AvgIpc) is 2.83. The lowest BCUT2D eigenvalue weighted by Gasteiger charge is -2.10. The van der Waals surface area contributed by atoms with Crippen LogP contribution in [0.15, 0.2) is 24.3 Å². The number of hydrogen-bond acceptors (Lipinski definition) is 1. The van der Waals surface area contributed by atoms with Crippen molar-refractivity contribution >= 4 is 5.69 Å². The first kappa shape index (κ1) is 8.54. The number of nitrogens with one attached hydrogen (secondary N) is 1. The molecule has 0 unspecified atom stereocenters. The number of halogens is 1. The maximum Gasteiger partial charge on any atom is 0.128 e. The molecule has 0 heterocycles. The van der Waals surface area contributed by atoms with Gasteiger partial charge in [-0.15, -0.1) is 0 Å². The van der Waals surface area contributed by atoms with Crippen molar-refractivity contribution in [1.82, 2.24) is 0 Å². The third kappa shape index (κ3) is 2.00. The van der Waals surface area contributed by atoms with Gasteiger partial charge in [0.25, 0.3) is 0 Å². The Morgan fingerprint density at radius 3 is 2.69 bits per heavy atom. The maximum atomic E-state index is 13.3. The molecule has 1 nitrogen and oxygen atoms in total. The summed E-state index contributed by atoms with van der Waals surface area (Å²) in [6, 6.07) is 7.97. The fourth-order valence-electron chi connectivity index (χ4n) is 1.34. The molecule has 0 amide bonds. The standard InChI is InChI=1S/C11H14FN/c1-9-4-2-3-5-10(9)13-8-11(12)6-7-11/h2-5,13H,6-8H2,1H3. The van der Waals surface area contributed by atoms with Gasteiger partial charge < -0.3 is 5.32 Å². The molecule has 0 spiro atoms. The molecule has 0 aliphatic heterocycles. The van der Waals surface area contributed by atoms with Crippen LogP contribution in [0.4, 0.5) is 10.1 Å². The van der Waals surface area contributed by atoms with Crippen LogP contribution in [0.5, 0.6) is 0 Å². The van der Waals surface area contributed by atoms with Gasteiger partial charge in [0.05, 0.1) is 0 Å². The summed E-state index contributed by atoms with van der Waals surface area (Å²) in [6.07, 6.45) is 1.43. The lowest BCUT2D eigenvalue weighted by atomic mass is 10.2. The minimum absolute atomic E-state index is 0.456. The summed E-state index contributed by atoms with van der Waals surface area (Å²) in [7, 11) is 0. The van der Waals surface area contributed by atoms with Crippen molar-refractivity contribution < 1.29 is 4.39 Å². The highest BCUT2D eigenvalue weighted by atomic mass is 19.1. The highest BCUT2D eigenvalue weighted by molar-refractivity contribution is 5.50. The van der Waals surface area contributed by atoms with Gasteiger partial charge in [-0.25, -0.2) is 4.39 Å². The molecule has 1 saturated carbocycles. The van der Waals surface area contributed by atoms with Crippen molar-refractivity contribution in [3.05, 3.63) is 29.8 Å². The number of para-hydroxylation sites is 1. The first-order chi connectivity index (χ1) is 6.20. The molecule has 1 aromatic rings. The van der Waals surface area contributed by atoms with E-state index in [1.165, 1.54) is 5.56 Å². The molecule has 0 radical (unpaired) electrons. The smallest absolute Gasteiger partial charge is 0.128 e. The van der Waals surface area contributed by atoms with Crippen LogP contribution in [-0.2, 0) is 0 Å². The molecule has 1 aromatic carbocycles. The van der Waals surface area contributed by atoms with Crippen LogP contribution in [0, 0.1) is 6.92 Å². The van der Waals surface area contributed by atoms with E-state index in [2.05, 4.69) is 5.32 Å². The minimum atomic E-state index is -0.914. The summed E-state index contributed by atoms with van der Waals surface area (Å²) in [5.41, 5.74) is 1.31. The number of rotatable bonds is 3. The summed E-state index contributed by atoms with van der Waals surface area (Å²) >= 11 is 0. The predicted molar refractivity (Wildman–Crippen MR) is 52.7 cm³/mol. The van der Waals surface area contributed by atoms with Gasteiger partial charge in [0, 0.05) is 12.2 Å². The SMILES string of the molecule is Cc1ccccc1NCC1(F)CC1. The van der Waals surface area contributed by atoms with E-state index in [-0.39, 0.29) is 0 Å². The highest BCUT2D eigenvalue weighted by Gasteiger charge is 2.42. The molecule has 13 heavy (non-hydrogen) atoms. The van der Waals surface area contributed by atoms with Crippen molar-refractivity contribution in [3.8, 4) is 0 Å². The first-order valence-electron chi connectivity index (χ1n) is 4.68. The Bertz CT molecular complexity index is 305. The van der Waals surface area contributed by atoms with Gasteiger partial charge in [-0.1, -0.05) is 18.2 Å². The lowest BCUT2D eigenvalue weighted by molar-refractivity contribution is 0.326. The normalized spacial score (nSPS) is 18.3. The Morgan fingerprint density at radius 2 is 2.08 bits per heavy atom. The van der Waals surface area contributed by atoms with Crippen molar-refractivity contribution in [2.24, 2.45) is 0 Å². The molecule has 1 fully saturated rings. The second-order valence-electron chi connectivity index (χ2n) is 3.82. The van der Waals surface area contributed by atoms with Crippen molar-refractivity contribution in [2.75, 3.05) is 11.9 Å². The fourth-order valence-corrected chi connectivity index (χ4v) is 1.34. The number of anilines is 1. The monoisotopic (exact) mass is 179 g/mol. The van der Waals surface area contributed by atoms with Gasteiger partial charge in [-0.2, -0.15) is 0 Å². The van der Waals surface area contributed by atoms with E-state index in [0.717, 1.165) is 5.69 Å². The molecule has 70 valence electrons. The highest BCUT2D eigenvalue weighted by Crippen LogP contribution is 2.39. The zero-order valence-electron chi connectivity index (χ0n) is 7.81. The van der Waals surface area contributed by atoms with E-state index < -0.39 is 5.67 Å². The van der Waals surface area contributed by atoms with Crippen LogP contribution >= 0.6 is 0 Å². The molecule has 0 bridgehead atoms. The van der Waals surface area contributed by atoms with E-state index in [1.807, 2.05) is 31.2 Å². The van der Waals surface area contributed by atoms with E-state index in [9.17, 15) is 4.39 Å². The third-order valence-corrected chi connectivity index (χ3v) is 2.53. The van der Waals surface area contributed by atoms with Gasteiger partial charge in [-0.05, 0) is 31.4 Å². The van der Waals surface area contributed by atoms with Crippen LogP contribution in [0.25, 0.3) is 0 Å². The van der Waals surface area contributed by atoms with Crippen LogP contribution in [0.2, 0.25) is 0 Å². The van der Waals surface area contributed by atoms with Crippen LogP contribution in [-0.4, -0.2) is 12.2 Å². The molecule has 0 aromatic heterocycles. The number of hydrogen-bond donors (Lipinski definition) is 1. The molecular weight excluding hydrogens is 165 g/mol. The van der Waals surface area contributed by atoms with Crippen molar-refractivity contribution in [1.29, 1.82) is 0 Å². The molecule has 0 atom stereocenters. The number of benzene rings is 1. The Kier molecular flexibility index (Phi) is 1.98. The molecule has 1 aliphatic rings. The minimum Gasteiger partial charge on any atom is -0.382 e. The Morgan fingerprint density at radius 1 is 1.38 bits per heavy atom. The molecule has 0 saturated heterocycles. The van der Waals surface area contributed by atoms with Gasteiger partial charge in [0.15, 0.2) is 0 Å². The van der Waals surface area contributed by atoms with Crippen molar-refractivity contribution in [3.63, 3.8) is 0 Å². The first-order valence-corrected chi connectivity index (χ1v) is 4.68. The average molecular weight is 179 g/mol. The molecular formula is C11H14FN. The number of alkyl halides is 1. The lowest BCUT2D eigenvalue weighted by Crippen LogP contribution is -2.16. The topological polar surface area (TPSA) is 12.0 Å². The summed E-state index contributed by atoms with van der Waals surface area (Å²) in [5.74, 6) is 0. The van der Waals surface area contributed by atoms with Crippen LogP contribution in [0.3, 0.4) is 0 Å². The molecule has 1 aliphatic carbocycles. The zero-order chi connectivity index (χ0) is 9.31. The van der Waals surface area contributed by atoms with Gasteiger partial charge >= 0.3 is 0 Å². The van der Waals surface area contributed by atoms with E-state index in [4.69, 9.17) is 0 Å². The zero-order valence-corrected chi connectivity index (χ0v) is 7.81. The van der Waals surface area contributed by atoms with Gasteiger partial charge in [0.2, 0.25) is 0 Å². The van der Waals surface area contributed by atoms with Crippen LogP contribution < -0.4 is 5.32 Å². The second-order valence-corrected chi connectivity index (χ2v) is 3.82. The summed E-state index contributed by atoms with van der Waals surface area (Å²) in [6.45, 7) is 2.48. The third-order valence-electron chi connectivity index (χ3n) is 2.53. The predicted octanol–water partition coefficient (Wildman–Crippen LogP) is 2.91. The van der Waals surface area contributed by atoms with Crippen molar-refractivity contribution in [2.45, 2.75) is 25.4 Å². The molecule has 2 heteroatoms. The summed E-state index contributed by atoms with van der Waals surface area (Å²) in [5, 5.41) is 3.14. The quantitative estimate of drug-likeness (QED) is 0.752. The maximum absolute atomic E-state index is 13.3.